The summed E-state index contributed by atoms with van der Waals surface area (Å²) in [6, 6.07) is 22.4. The molecular formula is C27H27FN4O2. The van der Waals surface area contributed by atoms with Gasteiger partial charge in [-0.1, -0.05) is 48.5 Å². The quantitative estimate of drug-likeness (QED) is 0.416. The molecule has 0 radical (unpaired) electrons. The van der Waals surface area contributed by atoms with E-state index in [9.17, 15) is 9.18 Å². The van der Waals surface area contributed by atoms with Gasteiger partial charge in [-0.15, -0.1) is 0 Å². The second-order valence-electron chi connectivity index (χ2n) is 8.80. The summed E-state index contributed by atoms with van der Waals surface area (Å²) in [6.45, 7) is 4.53. The van der Waals surface area contributed by atoms with Gasteiger partial charge in [0.2, 0.25) is 5.95 Å². The summed E-state index contributed by atoms with van der Waals surface area (Å²) in [7, 11) is 0. The fraction of sp³-hybridized carbons (Fsp3) is 0.259. The first kappa shape index (κ1) is 22.1. The second kappa shape index (κ2) is 9.65. The average molecular weight is 459 g/mol. The summed E-state index contributed by atoms with van der Waals surface area (Å²) in [6.07, 6.45) is 0. The fourth-order valence-corrected chi connectivity index (χ4v) is 4.67. The molecular weight excluding hydrogens is 431 g/mol. The molecule has 6 nitrogen and oxygen atoms in total. The van der Waals surface area contributed by atoms with Crippen molar-refractivity contribution >= 4 is 5.95 Å². The van der Waals surface area contributed by atoms with Crippen molar-refractivity contribution in [1.82, 2.24) is 14.9 Å². The molecule has 5 rings (SSSR count). The third kappa shape index (κ3) is 4.94. The summed E-state index contributed by atoms with van der Waals surface area (Å²) >= 11 is 0. The molecule has 174 valence electrons. The Morgan fingerprint density at radius 1 is 1.06 bits per heavy atom. The molecule has 7 heteroatoms. The zero-order valence-corrected chi connectivity index (χ0v) is 19.0. The Balaban J connectivity index is 1.41. The molecule has 1 fully saturated rings. The number of hydrogen-bond donors (Lipinski definition) is 2. The SMILES string of the molecule is Cc1ccc([C@H]2CN(Cc3ccccc3)C[C@@H]2c2cc(=O)[nH]c(NCc3ccccc3F)n2)o1. The maximum atomic E-state index is 14.0. The molecule has 0 saturated carbocycles. The van der Waals surface area contributed by atoms with Crippen molar-refractivity contribution in [1.29, 1.82) is 0 Å². The zero-order valence-electron chi connectivity index (χ0n) is 19.0. The minimum absolute atomic E-state index is 0.00873. The lowest BCUT2D eigenvalue weighted by molar-refractivity contribution is 0.319. The molecule has 4 aromatic rings. The number of likely N-dealkylation sites (tertiary alicyclic amines) is 1. The maximum Gasteiger partial charge on any atom is 0.252 e. The molecule has 0 amide bonds. The first-order valence-corrected chi connectivity index (χ1v) is 11.5. The van der Waals surface area contributed by atoms with E-state index in [1.54, 1.807) is 24.3 Å². The Morgan fingerprint density at radius 2 is 1.82 bits per heavy atom. The predicted molar refractivity (Wildman–Crippen MR) is 129 cm³/mol. The lowest BCUT2D eigenvalue weighted by Gasteiger charge is -2.17. The number of aromatic nitrogens is 2. The van der Waals surface area contributed by atoms with E-state index in [-0.39, 0.29) is 29.8 Å². The van der Waals surface area contributed by atoms with Crippen LogP contribution >= 0.6 is 0 Å². The number of aryl methyl sites for hydroxylation is 1. The highest BCUT2D eigenvalue weighted by Crippen LogP contribution is 2.40. The molecule has 1 aliphatic heterocycles. The van der Waals surface area contributed by atoms with E-state index in [1.807, 2.05) is 37.3 Å². The van der Waals surface area contributed by atoms with Crippen molar-refractivity contribution in [2.24, 2.45) is 0 Å². The van der Waals surface area contributed by atoms with Crippen molar-refractivity contribution < 1.29 is 8.81 Å². The number of hydrogen-bond acceptors (Lipinski definition) is 5. The Kier molecular flexibility index (Phi) is 6.27. The third-order valence-electron chi connectivity index (χ3n) is 6.32. The monoisotopic (exact) mass is 458 g/mol. The molecule has 2 atom stereocenters. The van der Waals surface area contributed by atoms with Crippen molar-refractivity contribution in [3.8, 4) is 0 Å². The third-order valence-corrected chi connectivity index (χ3v) is 6.32. The highest BCUT2D eigenvalue weighted by Gasteiger charge is 2.38. The first-order valence-electron chi connectivity index (χ1n) is 11.5. The molecule has 2 aromatic heterocycles. The number of nitrogens with one attached hydrogen (secondary N) is 2. The van der Waals surface area contributed by atoms with Crippen molar-refractivity contribution in [2.45, 2.75) is 31.8 Å². The van der Waals surface area contributed by atoms with Gasteiger partial charge in [0.05, 0.1) is 5.69 Å². The topological polar surface area (TPSA) is 74.2 Å². The van der Waals surface area contributed by atoms with E-state index in [2.05, 4.69) is 27.3 Å². The molecule has 1 saturated heterocycles. The van der Waals surface area contributed by atoms with E-state index in [4.69, 9.17) is 9.40 Å². The van der Waals surface area contributed by atoms with Gasteiger partial charge in [-0.2, -0.15) is 0 Å². The second-order valence-corrected chi connectivity index (χ2v) is 8.80. The van der Waals surface area contributed by atoms with Gasteiger partial charge in [-0.25, -0.2) is 9.37 Å². The molecule has 0 bridgehead atoms. The molecule has 2 N–H and O–H groups in total. The van der Waals surface area contributed by atoms with Gasteiger partial charge in [0, 0.05) is 49.6 Å². The molecule has 0 spiro atoms. The summed E-state index contributed by atoms with van der Waals surface area (Å²) in [5.74, 6) is 1.87. The summed E-state index contributed by atoms with van der Waals surface area (Å²) in [5, 5.41) is 3.07. The lowest BCUT2D eigenvalue weighted by atomic mass is 9.90. The molecule has 2 aromatic carbocycles. The van der Waals surface area contributed by atoms with Crippen LogP contribution in [-0.4, -0.2) is 28.0 Å². The van der Waals surface area contributed by atoms with Gasteiger partial charge in [-0.3, -0.25) is 14.7 Å². The minimum Gasteiger partial charge on any atom is -0.466 e. The van der Waals surface area contributed by atoms with Gasteiger partial charge in [0.25, 0.3) is 5.56 Å². The standard InChI is InChI=1S/C27H27FN4O2/c1-18-11-12-25(34-18)22-17-32(15-19-7-3-2-4-8-19)16-21(22)24-13-26(33)31-27(30-24)29-14-20-9-5-6-10-23(20)28/h2-13,21-22H,14-17H2,1H3,(H2,29,30,31,33)/t21-,22-/m0/s1. The Morgan fingerprint density at radius 3 is 2.59 bits per heavy atom. The van der Waals surface area contributed by atoms with Gasteiger partial charge in [0.15, 0.2) is 0 Å². The van der Waals surface area contributed by atoms with Crippen LogP contribution in [0.3, 0.4) is 0 Å². The zero-order chi connectivity index (χ0) is 23.5. The van der Waals surface area contributed by atoms with Crippen LogP contribution in [-0.2, 0) is 13.1 Å². The number of nitrogens with zero attached hydrogens (tertiary/aromatic N) is 2. The van der Waals surface area contributed by atoms with Crippen molar-refractivity contribution in [3.63, 3.8) is 0 Å². The van der Waals surface area contributed by atoms with Crippen LogP contribution < -0.4 is 10.9 Å². The van der Waals surface area contributed by atoms with E-state index in [1.165, 1.54) is 11.6 Å². The van der Waals surface area contributed by atoms with Crippen LogP contribution in [0.25, 0.3) is 0 Å². The van der Waals surface area contributed by atoms with Crippen LogP contribution in [0.5, 0.6) is 0 Å². The number of aromatic amines is 1. The minimum atomic E-state index is -0.297. The van der Waals surface area contributed by atoms with Gasteiger partial charge >= 0.3 is 0 Å². The van der Waals surface area contributed by atoms with Crippen molar-refractivity contribution in [2.75, 3.05) is 18.4 Å². The van der Waals surface area contributed by atoms with Crippen LogP contribution in [0.1, 0.15) is 40.2 Å². The van der Waals surface area contributed by atoms with E-state index in [0.717, 1.165) is 31.2 Å². The summed E-state index contributed by atoms with van der Waals surface area (Å²) in [5.41, 5.74) is 2.21. The summed E-state index contributed by atoms with van der Waals surface area (Å²) in [4.78, 5) is 22.4. The van der Waals surface area contributed by atoms with E-state index in [0.29, 0.717) is 17.2 Å². The lowest BCUT2D eigenvalue weighted by Crippen LogP contribution is -2.21. The largest absolute Gasteiger partial charge is 0.466 e. The number of H-pyrrole nitrogens is 1. The molecule has 3 heterocycles. The number of rotatable bonds is 7. The van der Waals surface area contributed by atoms with Crippen LogP contribution in [0.2, 0.25) is 0 Å². The average Bonchev–Trinajstić information content (AvgIpc) is 3.45. The van der Waals surface area contributed by atoms with Crippen LogP contribution in [0.15, 0.2) is 82.0 Å². The number of benzene rings is 2. The van der Waals surface area contributed by atoms with E-state index < -0.39 is 0 Å². The van der Waals surface area contributed by atoms with Crippen molar-refractivity contribution in [3.05, 3.63) is 117 Å². The number of halogens is 1. The van der Waals surface area contributed by atoms with Crippen LogP contribution in [0, 0.1) is 12.7 Å². The molecule has 1 aliphatic rings. The smallest absolute Gasteiger partial charge is 0.252 e. The number of anilines is 1. The van der Waals surface area contributed by atoms with E-state index >= 15 is 0 Å². The summed E-state index contributed by atoms with van der Waals surface area (Å²) < 4.78 is 20.0. The number of furan rings is 1. The highest BCUT2D eigenvalue weighted by atomic mass is 19.1. The first-order chi connectivity index (χ1) is 16.5. The maximum absolute atomic E-state index is 14.0. The normalized spacial score (nSPS) is 18.3. The fourth-order valence-electron chi connectivity index (χ4n) is 4.67. The Labute approximate surface area is 197 Å². The Hall–Kier alpha value is -3.71. The van der Waals surface area contributed by atoms with Crippen LogP contribution in [0.4, 0.5) is 10.3 Å². The molecule has 0 unspecified atom stereocenters. The Bertz CT molecular complexity index is 1320. The van der Waals surface area contributed by atoms with Gasteiger partial charge in [0.1, 0.15) is 17.3 Å². The van der Waals surface area contributed by atoms with Gasteiger partial charge in [-0.05, 0) is 30.7 Å². The van der Waals surface area contributed by atoms with Gasteiger partial charge < -0.3 is 9.73 Å². The molecule has 34 heavy (non-hydrogen) atoms. The molecule has 0 aliphatic carbocycles. The predicted octanol–water partition coefficient (Wildman–Crippen LogP) is 4.81. The highest BCUT2D eigenvalue weighted by molar-refractivity contribution is 5.32.